The van der Waals surface area contributed by atoms with Gasteiger partial charge in [-0.2, -0.15) is 13.2 Å². The molecule has 2 heterocycles. The molecular formula is C27H30F4N2O4. The second-order valence-corrected chi connectivity index (χ2v) is 10.1. The number of hydrogen-bond donors (Lipinski definition) is 2. The van der Waals surface area contributed by atoms with Gasteiger partial charge in [-0.05, 0) is 53.6 Å². The Bertz CT molecular complexity index is 1280. The van der Waals surface area contributed by atoms with E-state index in [0.717, 1.165) is 12.1 Å². The van der Waals surface area contributed by atoms with E-state index in [1.807, 2.05) is 0 Å². The number of alkyl halides is 3. The van der Waals surface area contributed by atoms with Gasteiger partial charge in [-0.3, -0.25) is 4.79 Å². The molecule has 10 heteroatoms. The van der Waals surface area contributed by atoms with E-state index in [2.05, 4.69) is 4.98 Å². The molecule has 1 aromatic heterocycles. The first-order valence-electron chi connectivity index (χ1n) is 11.9. The van der Waals surface area contributed by atoms with Crippen molar-refractivity contribution in [3.05, 3.63) is 65.1 Å². The third kappa shape index (κ3) is 5.60. The average molecular weight is 523 g/mol. The van der Waals surface area contributed by atoms with Crippen LogP contribution >= 0.6 is 0 Å². The van der Waals surface area contributed by atoms with Crippen LogP contribution in [0.5, 0.6) is 5.75 Å². The van der Waals surface area contributed by atoms with Crippen molar-refractivity contribution in [3.63, 3.8) is 0 Å². The van der Waals surface area contributed by atoms with Gasteiger partial charge in [0, 0.05) is 41.8 Å². The van der Waals surface area contributed by atoms with Crippen LogP contribution in [0.4, 0.5) is 17.6 Å². The number of nitrogens with one attached hydrogen (secondary N) is 1. The van der Waals surface area contributed by atoms with Crippen LogP contribution < -0.4 is 4.74 Å². The van der Waals surface area contributed by atoms with E-state index in [0.29, 0.717) is 42.8 Å². The molecule has 0 spiro atoms. The summed E-state index contributed by atoms with van der Waals surface area (Å²) in [4.78, 5) is 17.4. The maximum Gasteiger partial charge on any atom is 0.417 e. The van der Waals surface area contributed by atoms with Crippen molar-refractivity contribution in [2.75, 3.05) is 33.4 Å². The van der Waals surface area contributed by atoms with Crippen LogP contribution in [-0.4, -0.2) is 66.1 Å². The third-order valence-electron chi connectivity index (χ3n) is 6.86. The summed E-state index contributed by atoms with van der Waals surface area (Å²) in [6.07, 6.45) is -6.46. The standard InChI is InChI=1S/C27H30F4N2O4/c1-25(2,21-14-19(28)6-7-23(21)36-3)16-26(35,27(29,30)31)15-20-12-17-4-5-18(13-22(17)32-20)24(34)33-8-10-37-11-9-33/h4-7,12-14,32,35H,8-11,15-16H2,1-3H3. The number of benzene rings is 2. The zero-order valence-corrected chi connectivity index (χ0v) is 20.9. The maximum absolute atomic E-state index is 14.3. The van der Waals surface area contributed by atoms with Gasteiger partial charge in [0.15, 0.2) is 5.60 Å². The van der Waals surface area contributed by atoms with Crippen molar-refractivity contribution in [3.8, 4) is 5.75 Å². The number of aliphatic hydroxyl groups is 1. The normalized spacial score (nSPS) is 16.6. The molecule has 200 valence electrons. The monoisotopic (exact) mass is 522 g/mol. The molecule has 3 aromatic rings. The summed E-state index contributed by atoms with van der Waals surface area (Å²) in [7, 11) is 1.35. The fourth-order valence-electron chi connectivity index (χ4n) is 4.98. The van der Waals surface area contributed by atoms with Gasteiger partial charge in [0.05, 0.1) is 20.3 Å². The van der Waals surface area contributed by atoms with Crippen LogP contribution in [-0.2, 0) is 16.6 Å². The Hall–Kier alpha value is -3.11. The molecular weight excluding hydrogens is 492 g/mol. The number of methoxy groups -OCH3 is 1. The fraction of sp³-hybridized carbons (Fsp3) is 0.444. The Kier molecular flexibility index (Phi) is 7.27. The molecule has 0 radical (unpaired) electrons. The van der Waals surface area contributed by atoms with Gasteiger partial charge >= 0.3 is 6.18 Å². The van der Waals surface area contributed by atoms with E-state index in [9.17, 15) is 27.5 Å². The van der Waals surface area contributed by atoms with Gasteiger partial charge in [0.25, 0.3) is 5.91 Å². The summed E-state index contributed by atoms with van der Waals surface area (Å²) in [5.41, 5.74) is -3.13. The first kappa shape index (κ1) is 26.9. The largest absolute Gasteiger partial charge is 0.496 e. The number of fused-ring (bicyclic) bond motifs is 1. The predicted molar refractivity (Wildman–Crippen MR) is 130 cm³/mol. The Morgan fingerprint density at radius 2 is 1.81 bits per heavy atom. The van der Waals surface area contributed by atoms with E-state index in [1.54, 1.807) is 23.1 Å². The number of ether oxygens (including phenoxy) is 2. The summed E-state index contributed by atoms with van der Waals surface area (Å²) >= 11 is 0. The van der Waals surface area contributed by atoms with E-state index < -0.39 is 35.9 Å². The summed E-state index contributed by atoms with van der Waals surface area (Å²) in [5.74, 6) is -0.560. The highest BCUT2D eigenvalue weighted by atomic mass is 19.4. The minimum atomic E-state index is -4.97. The maximum atomic E-state index is 14.3. The van der Waals surface area contributed by atoms with Crippen LogP contribution in [0, 0.1) is 5.82 Å². The molecule has 1 amide bonds. The van der Waals surface area contributed by atoms with E-state index in [1.165, 1.54) is 33.1 Å². The van der Waals surface area contributed by atoms with Crippen LogP contribution in [0.15, 0.2) is 42.5 Å². The van der Waals surface area contributed by atoms with Crippen molar-refractivity contribution in [1.82, 2.24) is 9.88 Å². The van der Waals surface area contributed by atoms with Gasteiger partial charge in [-0.1, -0.05) is 19.9 Å². The quantitative estimate of drug-likeness (QED) is 0.429. The first-order chi connectivity index (χ1) is 17.3. The number of nitrogens with zero attached hydrogens (tertiary/aromatic N) is 1. The number of H-pyrrole nitrogens is 1. The van der Waals surface area contributed by atoms with Crippen molar-refractivity contribution >= 4 is 16.8 Å². The SMILES string of the molecule is COc1ccc(F)cc1C(C)(C)CC(O)(Cc1cc2ccc(C(=O)N3CCOCC3)cc2[nH]1)C(F)(F)F. The number of rotatable bonds is 7. The highest BCUT2D eigenvalue weighted by molar-refractivity contribution is 5.98. The number of amides is 1. The van der Waals surface area contributed by atoms with Crippen molar-refractivity contribution in [2.24, 2.45) is 0 Å². The lowest BCUT2D eigenvalue weighted by molar-refractivity contribution is -0.266. The van der Waals surface area contributed by atoms with Gasteiger partial charge in [-0.25, -0.2) is 4.39 Å². The van der Waals surface area contributed by atoms with Gasteiger partial charge in [0.2, 0.25) is 0 Å². The fourth-order valence-corrected chi connectivity index (χ4v) is 4.98. The minimum absolute atomic E-state index is 0.160. The topological polar surface area (TPSA) is 74.8 Å². The highest BCUT2D eigenvalue weighted by Crippen LogP contribution is 2.45. The number of carbonyl (C=O) groups excluding carboxylic acids is 1. The van der Waals surface area contributed by atoms with Gasteiger partial charge in [-0.15, -0.1) is 0 Å². The lowest BCUT2D eigenvalue weighted by Gasteiger charge is -2.38. The Balaban J connectivity index is 1.62. The van der Waals surface area contributed by atoms with E-state index in [4.69, 9.17) is 9.47 Å². The molecule has 2 aromatic carbocycles. The molecule has 1 fully saturated rings. The third-order valence-corrected chi connectivity index (χ3v) is 6.86. The number of aromatic nitrogens is 1. The number of halogens is 4. The van der Waals surface area contributed by atoms with Crippen LogP contribution in [0.3, 0.4) is 0 Å². The Morgan fingerprint density at radius 3 is 2.46 bits per heavy atom. The smallest absolute Gasteiger partial charge is 0.417 e. The van der Waals surface area contributed by atoms with E-state index in [-0.39, 0.29) is 22.9 Å². The molecule has 1 aliphatic heterocycles. The second-order valence-electron chi connectivity index (χ2n) is 10.1. The predicted octanol–water partition coefficient (Wildman–Crippen LogP) is 4.99. The molecule has 2 N–H and O–H groups in total. The lowest BCUT2D eigenvalue weighted by atomic mass is 9.73. The Labute approximate surface area is 212 Å². The zero-order valence-electron chi connectivity index (χ0n) is 20.9. The van der Waals surface area contributed by atoms with Crippen molar-refractivity contribution in [1.29, 1.82) is 0 Å². The first-order valence-corrected chi connectivity index (χ1v) is 11.9. The van der Waals surface area contributed by atoms with Crippen molar-refractivity contribution in [2.45, 2.75) is 43.9 Å². The summed E-state index contributed by atoms with van der Waals surface area (Å²) in [6, 6.07) is 10.1. The molecule has 6 nitrogen and oxygen atoms in total. The number of carbonyl (C=O) groups is 1. The minimum Gasteiger partial charge on any atom is -0.496 e. The average Bonchev–Trinajstić information content (AvgIpc) is 3.24. The second kappa shape index (κ2) is 9.98. The van der Waals surface area contributed by atoms with Crippen LogP contribution in [0.25, 0.3) is 10.9 Å². The summed E-state index contributed by atoms with van der Waals surface area (Å²) in [6.45, 7) is 4.86. The summed E-state index contributed by atoms with van der Waals surface area (Å²) in [5, 5.41) is 11.6. The van der Waals surface area contributed by atoms with Crippen LogP contribution in [0.1, 0.15) is 41.9 Å². The Morgan fingerprint density at radius 1 is 1.11 bits per heavy atom. The van der Waals surface area contributed by atoms with Crippen molar-refractivity contribution < 1.29 is 36.9 Å². The van der Waals surface area contributed by atoms with Gasteiger partial charge < -0.3 is 24.5 Å². The molecule has 4 rings (SSSR count). The molecule has 1 atom stereocenters. The molecule has 1 aliphatic rings. The summed E-state index contributed by atoms with van der Waals surface area (Å²) < 4.78 is 67.4. The molecule has 37 heavy (non-hydrogen) atoms. The number of morpholine rings is 1. The molecule has 1 saturated heterocycles. The molecule has 0 saturated carbocycles. The number of aromatic amines is 1. The van der Waals surface area contributed by atoms with Gasteiger partial charge in [0.1, 0.15) is 11.6 Å². The van der Waals surface area contributed by atoms with Crippen LogP contribution in [0.2, 0.25) is 0 Å². The lowest BCUT2D eigenvalue weighted by Crippen LogP contribution is -2.51. The van der Waals surface area contributed by atoms with E-state index >= 15 is 0 Å². The molecule has 0 aliphatic carbocycles. The number of hydrogen-bond acceptors (Lipinski definition) is 4. The molecule has 1 unspecified atom stereocenters. The molecule has 0 bridgehead atoms. The zero-order chi connectivity index (χ0) is 27.0. The highest BCUT2D eigenvalue weighted by Gasteiger charge is 2.56.